The van der Waals surface area contributed by atoms with Crippen molar-refractivity contribution in [3.63, 3.8) is 0 Å². The van der Waals surface area contributed by atoms with Gasteiger partial charge in [-0.3, -0.25) is 47.9 Å². The van der Waals surface area contributed by atoms with Crippen molar-refractivity contribution in [2.24, 2.45) is 34.4 Å². The van der Waals surface area contributed by atoms with Gasteiger partial charge in [-0.2, -0.15) is 0 Å². The summed E-state index contributed by atoms with van der Waals surface area (Å²) in [6.45, 7) is 6.95. The van der Waals surface area contributed by atoms with E-state index in [0.717, 1.165) is 6.42 Å². The lowest BCUT2D eigenvalue weighted by atomic mass is 10.0. The Labute approximate surface area is 494 Å². The summed E-state index contributed by atoms with van der Waals surface area (Å²) in [6, 6.07) is -12.1. The molecule has 0 spiro atoms. The molecule has 480 valence electrons. The summed E-state index contributed by atoms with van der Waals surface area (Å²) < 4.78 is 0. The van der Waals surface area contributed by atoms with Crippen LogP contribution < -0.4 is 87.6 Å². The first kappa shape index (κ1) is 74.0. The highest BCUT2D eigenvalue weighted by atomic mass is 16.4. The number of nitrogens with two attached hydrogens (primary N) is 6. The van der Waals surface area contributed by atoms with E-state index in [1.807, 2.05) is 0 Å². The number of carbonyl (C=O) groups is 11. The number of nitrogens with one attached hydrogen (secondary N) is 10. The van der Waals surface area contributed by atoms with Crippen LogP contribution in [0.15, 0.2) is 0 Å². The highest BCUT2D eigenvalue weighted by Gasteiger charge is 2.39. The van der Waals surface area contributed by atoms with Crippen LogP contribution in [0.5, 0.6) is 0 Å². The van der Waals surface area contributed by atoms with Crippen LogP contribution in [0, 0.1) is 0 Å². The molecule has 10 amide bonds. The Morgan fingerprint density at radius 3 is 1.04 bits per heavy atom. The van der Waals surface area contributed by atoms with Crippen molar-refractivity contribution in [3.05, 3.63) is 0 Å². The topological polar surface area (TPSA) is 488 Å². The first-order valence-electron chi connectivity index (χ1n) is 30.4. The Bertz CT molecular complexity index is 2090. The van der Waals surface area contributed by atoms with Crippen LogP contribution in [0.25, 0.3) is 0 Å². The van der Waals surface area contributed by atoms with Gasteiger partial charge in [0.2, 0.25) is 59.1 Å². The van der Waals surface area contributed by atoms with Crippen LogP contribution in [0.4, 0.5) is 0 Å². The zero-order valence-electron chi connectivity index (χ0n) is 49.9. The maximum absolute atomic E-state index is 14.3. The number of hydrogen-bond acceptors (Lipinski definition) is 18. The summed E-state index contributed by atoms with van der Waals surface area (Å²) in [5, 5.41) is 37.0. The average Bonchev–Trinajstić information content (AvgIpc) is 4.40. The molecule has 11 atom stereocenters. The SMILES string of the molecule is C[C@H](NC(=O)[C@H](C)NC(=O)[C@H](CCCCN)NC(=O)[C@H](CCCCN)NC(=O)[C@H](CCCCN)NC(=O)[C@H](CCCCN)NC(=O)[C@H](C)NC(=O)[C@@H]1CCCN1)C(=O)N[C@@H](CCCCN)C(=O)N[C@@H](CCCCN)C(=O)N1CCC[C@H]1C(=O)O. The van der Waals surface area contributed by atoms with Crippen LogP contribution >= 0.6 is 0 Å². The van der Waals surface area contributed by atoms with Gasteiger partial charge < -0.3 is 97.6 Å². The second-order valence-electron chi connectivity index (χ2n) is 21.9. The fourth-order valence-electron chi connectivity index (χ4n) is 9.80. The minimum Gasteiger partial charge on any atom is -0.480 e. The first-order valence-corrected chi connectivity index (χ1v) is 30.4. The monoisotopic (exact) mass is 1190 g/mol. The summed E-state index contributed by atoms with van der Waals surface area (Å²) in [5.74, 6) is -7.79. The normalized spacial score (nSPS) is 18.0. The zero-order chi connectivity index (χ0) is 62.6. The smallest absolute Gasteiger partial charge is 0.326 e. The molecule has 0 aromatic rings. The van der Waals surface area contributed by atoms with Gasteiger partial charge in [0.15, 0.2) is 0 Å². The molecule has 0 bridgehead atoms. The molecule has 2 saturated heterocycles. The van der Waals surface area contributed by atoms with E-state index in [0.29, 0.717) is 123 Å². The van der Waals surface area contributed by atoms with E-state index in [4.69, 9.17) is 34.4 Å². The highest BCUT2D eigenvalue weighted by molar-refractivity contribution is 5.98. The Kier molecular flexibility index (Phi) is 36.8. The summed E-state index contributed by atoms with van der Waals surface area (Å²) in [6.07, 6.45) is 8.48. The molecule has 0 radical (unpaired) electrons. The van der Waals surface area contributed by atoms with Crippen molar-refractivity contribution in [1.29, 1.82) is 0 Å². The third kappa shape index (κ3) is 27.3. The molecule has 84 heavy (non-hydrogen) atoms. The molecule has 2 fully saturated rings. The molecule has 2 aliphatic heterocycles. The predicted octanol–water partition coefficient (Wildman–Crippen LogP) is -3.99. The lowest BCUT2D eigenvalue weighted by Crippen LogP contribution is -2.60. The number of unbranched alkanes of at least 4 members (excludes halogenated alkanes) is 6. The highest BCUT2D eigenvalue weighted by Crippen LogP contribution is 2.20. The van der Waals surface area contributed by atoms with E-state index in [9.17, 15) is 57.8 Å². The third-order valence-electron chi connectivity index (χ3n) is 14.9. The minimum absolute atomic E-state index is 0.0748. The van der Waals surface area contributed by atoms with Gasteiger partial charge in [-0.25, -0.2) is 4.79 Å². The van der Waals surface area contributed by atoms with Crippen molar-refractivity contribution in [3.8, 4) is 0 Å². The van der Waals surface area contributed by atoms with Crippen molar-refractivity contribution < 1.29 is 57.8 Å². The lowest BCUT2D eigenvalue weighted by Gasteiger charge is -2.29. The maximum atomic E-state index is 14.3. The average molecular weight is 1190 g/mol. The quantitative estimate of drug-likeness (QED) is 0.0259. The summed E-state index contributed by atoms with van der Waals surface area (Å²) in [4.78, 5) is 151. The molecule has 0 aromatic carbocycles. The Morgan fingerprint density at radius 1 is 0.405 bits per heavy atom. The number of amides is 10. The van der Waals surface area contributed by atoms with E-state index in [1.54, 1.807) is 0 Å². The van der Waals surface area contributed by atoms with Crippen LogP contribution in [0.2, 0.25) is 0 Å². The van der Waals surface area contributed by atoms with Gasteiger partial charge in [0.1, 0.15) is 60.4 Å². The second-order valence-corrected chi connectivity index (χ2v) is 21.9. The van der Waals surface area contributed by atoms with Crippen LogP contribution in [0.3, 0.4) is 0 Å². The lowest BCUT2D eigenvalue weighted by molar-refractivity contribution is -0.149. The van der Waals surface area contributed by atoms with Gasteiger partial charge >= 0.3 is 5.97 Å². The number of rotatable bonds is 44. The molecule has 23 N–H and O–H groups in total. The van der Waals surface area contributed by atoms with E-state index < -0.39 is 126 Å². The van der Waals surface area contributed by atoms with Gasteiger partial charge in [-0.05, 0) is 208 Å². The maximum Gasteiger partial charge on any atom is 0.326 e. The van der Waals surface area contributed by atoms with Gasteiger partial charge in [-0.1, -0.05) is 0 Å². The molecule has 0 aromatic heterocycles. The van der Waals surface area contributed by atoms with Crippen molar-refractivity contribution in [2.75, 3.05) is 52.4 Å². The number of aliphatic carboxylic acids is 1. The van der Waals surface area contributed by atoms with Crippen LogP contribution in [0.1, 0.15) is 162 Å². The summed E-state index contributed by atoms with van der Waals surface area (Å²) >= 11 is 0. The summed E-state index contributed by atoms with van der Waals surface area (Å²) in [5.41, 5.74) is 34.5. The van der Waals surface area contributed by atoms with E-state index >= 15 is 0 Å². The van der Waals surface area contributed by atoms with Gasteiger partial charge in [0, 0.05) is 6.54 Å². The Hall–Kier alpha value is -6.11. The number of hydrogen-bond donors (Lipinski definition) is 17. The van der Waals surface area contributed by atoms with Crippen LogP contribution in [-0.2, 0) is 52.7 Å². The van der Waals surface area contributed by atoms with Crippen molar-refractivity contribution in [2.45, 2.75) is 228 Å². The molecule has 0 unspecified atom stereocenters. The van der Waals surface area contributed by atoms with Crippen LogP contribution in [-0.4, -0.2) is 194 Å². The van der Waals surface area contributed by atoms with E-state index in [1.165, 1.54) is 25.7 Å². The zero-order valence-corrected chi connectivity index (χ0v) is 49.9. The molecular weight excluding hydrogens is 1090 g/mol. The third-order valence-corrected chi connectivity index (χ3v) is 14.9. The van der Waals surface area contributed by atoms with E-state index in [2.05, 4.69) is 53.2 Å². The summed E-state index contributed by atoms with van der Waals surface area (Å²) in [7, 11) is 0. The molecule has 0 saturated carbocycles. The van der Waals surface area contributed by atoms with E-state index in [-0.39, 0.29) is 70.5 Å². The molecular formula is C55H103N17O12. The molecule has 2 heterocycles. The largest absolute Gasteiger partial charge is 0.480 e. The van der Waals surface area contributed by atoms with Crippen molar-refractivity contribution >= 4 is 65.0 Å². The Balaban J connectivity index is 2.27. The number of likely N-dealkylation sites (tertiary alicyclic amines) is 1. The standard InChI is InChI=1S/C55H103N17O12/c1-34(45(73)63-35(2)46(74)67-40(20-6-12-28-58)53(81)71-43(23-9-15-31-61)54(82)72-33-17-25-44(72)55(83)84)65-49(77)38(18-4-10-26-56)68-51(79)41(21-7-13-29-59)70-52(80)42(22-8-14-30-60)69-50(78)39(19-5-11-27-57)66-47(75)36(3)64-48(76)37-24-16-32-62-37/h34-44,62H,4-33,56-61H2,1-3H3,(H,63,73)(H,64,76)(H,65,77)(H,66,75)(H,67,74)(H,68,79)(H,69,78)(H,70,80)(H,71,81)(H,83,84)/t34-,35-,36-,37-,38-,39-,40-,41-,42-,43-,44-/m0/s1. The van der Waals surface area contributed by atoms with Crippen molar-refractivity contribution in [1.82, 2.24) is 58.1 Å². The van der Waals surface area contributed by atoms with Gasteiger partial charge in [-0.15, -0.1) is 0 Å². The molecule has 29 heteroatoms. The number of nitrogens with zero attached hydrogens (tertiary/aromatic N) is 1. The minimum atomic E-state index is -1.27. The molecule has 2 rings (SSSR count). The van der Waals surface area contributed by atoms with Gasteiger partial charge in [0.25, 0.3) is 0 Å². The number of carbonyl (C=O) groups excluding carboxylic acids is 10. The fraction of sp³-hybridized carbons (Fsp3) is 0.800. The number of carboxylic acid groups (broad SMARTS) is 1. The molecule has 2 aliphatic rings. The Morgan fingerprint density at radius 2 is 0.702 bits per heavy atom. The first-order chi connectivity index (χ1) is 40.2. The predicted molar refractivity (Wildman–Crippen MR) is 315 cm³/mol. The molecule has 0 aliphatic carbocycles. The fourth-order valence-corrected chi connectivity index (χ4v) is 9.80. The van der Waals surface area contributed by atoms with Gasteiger partial charge in [0.05, 0.1) is 6.04 Å². The second kappa shape index (κ2) is 41.8. The number of carboxylic acids is 1. The molecule has 29 nitrogen and oxygen atoms in total.